The van der Waals surface area contributed by atoms with Crippen molar-refractivity contribution in [1.82, 2.24) is 20.3 Å². The van der Waals surface area contributed by atoms with Crippen molar-refractivity contribution >= 4 is 55.5 Å². The summed E-state index contributed by atoms with van der Waals surface area (Å²) in [5, 5.41) is 6.20. The maximum Gasteiger partial charge on any atom is 0.309 e. The number of likely N-dealkylation sites (tertiary alicyclic amines) is 2. The van der Waals surface area contributed by atoms with Gasteiger partial charge in [0, 0.05) is 42.8 Å². The first kappa shape index (κ1) is 41.0. The quantitative estimate of drug-likeness (QED) is 0.0955. The topological polar surface area (TPSA) is 108 Å². The number of rotatable bonds is 22. The van der Waals surface area contributed by atoms with Gasteiger partial charge in [-0.15, -0.1) is 12.2 Å². The largest absolute Gasteiger partial charge is 0.455 e. The number of nitrogens with one attached hydrogen (secondary N) is 2. The number of nitrogens with zero attached hydrogens (tertiary/aromatic N) is 2. The zero-order valence-electron chi connectivity index (χ0n) is 30.3. The van der Waals surface area contributed by atoms with Crippen LogP contribution in [0.4, 0.5) is 0 Å². The van der Waals surface area contributed by atoms with E-state index in [2.05, 4.69) is 49.1 Å². The zero-order valence-corrected chi connectivity index (χ0v) is 32.3. The van der Waals surface area contributed by atoms with E-state index in [4.69, 9.17) is 18.4 Å². The van der Waals surface area contributed by atoms with E-state index in [-0.39, 0.29) is 59.6 Å². The molecule has 0 bridgehead atoms. The van der Waals surface area contributed by atoms with Crippen LogP contribution in [0, 0.1) is 24.1 Å². The Bertz CT molecular complexity index is 1160. The van der Waals surface area contributed by atoms with Gasteiger partial charge in [0.2, 0.25) is 23.6 Å². The summed E-state index contributed by atoms with van der Waals surface area (Å²) < 4.78 is 6.84. The molecule has 4 amide bonds. The molecule has 2 heterocycles. The summed E-state index contributed by atoms with van der Waals surface area (Å²) in [6, 6.07) is 1.89. The van der Waals surface area contributed by atoms with Crippen molar-refractivity contribution in [2.45, 2.75) is 154 Å². The number of carbonyl (C=O) groups is 4. The Morgan fingerprint density at radius 2 is 1.30 bits per heavy atom. The molecule has 6 atom stereocenters. The van der Waals surface area contributed by atoms with Gasteiger partial charge >= 0.3 is 7.41 Å². The second kappa shape index (κ2) is 18.6. The second-order valence-electron chi connectivity index (χ2n) is 15.2. The van der Waals surface area contributed by atoms with E-state index in [0.29, 0.717) is 37.7 Å². The van der Waals surface area contributed by atoms with Gasteiger partial charge in [-0.25, -0.2) is 0 Å². The molecule has 9 nitrogen and oxygen atoms in total. The summed E-state index contributed by atoms with van der Waals surface area (Å²) in [5.41, 5.74) is 0.418. The molecule has 2 aliphatic heterocycles. The van der Waals surface area contributed by atoms with Crippen LogP contribution in [0.25, 0.3) is 0 Å². The molecule has 0 spiro atoms. The third-order valence-electron chi connectivity index (χ3n) is 9.57. The molecule has 0 aromatic rings. The highest BCUT2D eigenvalue weighted by Gasteiger charge is 2.42. The van der Waals surface area contributed by atoms with Crippen LogP contribution < -0.4 is 10.5 Å². The standard InChI is InChI=1S/C34H59B2N4O5Si2/c1-11-36-38-25(3)17-19-27(5)40-32(42)23-30(34(40)44)15-13-21-47(9,10)45-46(7,8)20-12-14-29-22-31(41)39(33(29)43)26(4)18-16-24(2)37-28(6)35/h1,24-27,29-30,37-38H,6,12-23H2,2-5,7-10H3. The number of carbonyl (C=O) groups excluding carboxylic acids is 4. The SMILES string of the molecule is [B]C(=C)NC(C)CCC(C)N1C(=O)CC(CCC[Si](C)(C)O[Si](C)(C)CCCC2CC(=O)N(C(C)CCC(C)N[B]C#C)C2=O)C1=O. The Hall–Kier alpha value is -2.14. The molecule has 0 saturated carbocycles. The highest BCUT2D eigenvalue weighted by Crippen LogP contribution is 2.32. The smallest absolute Gasteiger partial charge is 0.309 e. The summed E-state index contributed by atoms with van der Waals surface area (Å²) in [6.45, 7) is 20.6. The first-order chi connectivity index (χ1) is 21.9. The van der Waals surface area contributed by atoms with Gasteiger partial charge in [0.1, 0.15) is 7.85 Å². The molecule has 47 heavy (non-hydrogen) atoms. The molecule has 2 rings (SSSR count). The van der Waals surface area contributed by atoms with Crippen molar-refractivity contribution in [2.75, 3.05) is 0 Å². The van der Waals surface area contributed by atoms with Crippen LogP contribution >= 0.6 is 0 Å². The maximum atomic E-state index is 13.2. The molecule has 2 N–H and O–H groups in total. The number of hydrogen-bond donors (Lipinski definition) is 2. The molecular formula is C34H59B2N4O5Si2. The fraction of sp³-hybridized carbons (Fsp3) is 0.765. The molecule has 0 aromatic carbocycles. The van der Waals surface area contributed by atoms with Crippen LogP contribution in [0.3, 0.4) is 0 Å². The summed E-state index contributed by atoms with van der Waals surface area (Å²) >= 11 is 0. The number of imide groups is 2. The third kappa shape index (κ3) is 13.4. The maximum absolute atomic E-state index is 13.2. The Labute approximate surface area is 289 Å². The predicted molar refractivity (Wildman–Crippen MR) is 196 cm³/mol. The van der Waals surface area contributed by atoms with E-state index in [1.165, 1.54) is 9.80 Å². The minimum atomic E-state index is -2.01. The molecule has 0 aliphatic carbocycles. The molecule has 2 aliphatic rings. The van der Waals surface area contributed by atoms with Gasteiger partial charge in [-0.1, -0.05) is 26.3 Å². The highest BCUT2D eigenvalue weighted by atomic mass is 28.4. The number of amides is 4. The zero-order chi connectivity index (χ0) is 35.5. The lowest BCUT2D eigenvalue weighted by molar-refractivity contribution is -0.143. The summed E-state index contributed by atoms with van der Waals surface area (Å²) in [6.07, 6.45) is 12.0. The van der Waals surface area contributed by atoms with Gasteiger partial charge in [-0.05, 0) is 109 Å². The molecule has 2 fully saturated rings. The van der Waals surface area contributed by atoms with Crippen LogP contribution in [-0.2, 0) is 23.3 Å². The molecule has 13 heteroatoms. The Morgan fingerprint density at radius 1 is 0.872 bits per heavy atom. The minimum Gasteiger partial charge on any atom is -0.455 e. The molecule has 6 unspecified atom stereocenters. The third-order valence-corrected chi connectivity index (χ3v) is 17.1. The monoisotopic (exact) mass is 681 g/mol. The van der Waals surface area contributed by atoms with Gasteiger partial charge in [-0.2, -0.15) is 0 Å². The minimum absolute atomic E-state index is 0.0363. The van der Waals surface area contributed by atoms with E-state index in [9.17, 15) is 19.2 Å². The summed E-state index contributed by atoms with van der Waals surface area (Å²) in [7, 11) is 3.20. The van der Waals surface area contributed by atoms with Crippen LogP contribution in [0.1, 0.15) is 91.9 Å². The lowest BCUT2D eigenvalue weighted by Gasteiger charge is -2.34. The molecule has 3 radical (unpaired) electrons. The van der Waals surface area contributed by atoms with E-state index >= 15 is 0 Å². The fourth-order valence-electron chi connectivity index (χ4n) is 7.11. The van der Waals surface area contributed by atoms with Crippen LogP contribution in [-0.4, -0.2) is 89.5 Å². The molecule has 259 valence electrons. The summed E-state index contributed by atoms with van der Waals surface area (Å²) in [4.78, 5) is 54.8. The molecular weight excluding hydrogens is 622 g/mol. The Morgan fingerprint density at radius 3 is 1.70 bits per heavy atom. The van der Waals surface area contributed by atoms with Crippen LogP contribution in [0.15, 0.2) is 12.2 Å². The van der Waals surface area contributed by atoms with Gasteiger partial charge in [-0.3, -0.25) is 29.0 Å². The van der Waals surface area contributed by atoms with E-state index in [1.807, 2.05) is 27.7 Å². The average Bonchev–Trinajstić information content (AvgIpc) is 3.40. The number of hydrogen-bond acceptors (Lipinski definition) is 7. The van der Waals surface area contributed by atoms with Gasteiger partial charge in [0.15, 0.2) is 16.6 Å². The van der Waals surface area contributed by atoms with Crippen molar-refractivity contribution in [3.8, 4) is 12.2 Å². The van der Waals surface area contributed by atoms with Crippen molar-refractivity contribution in [2.24, 2.45) is 11.8 Å². The van der Waals surface area contributed by atoms with Crippen LogP contribution in [0.5, 0.6) is 0 Å². The Kier molecular flexibility index (Phi) is 16.2. The lowest BCUT2D eigenvalue weighted by Crippen LogP contribution is -2.44. The molecule has 2 saturated heterocycles. The van der Waals surface area contributed by atoms with Crippen molar-refractivity contribution in [3.63, 3.8) is 0 Å². The second-order valence-corrected chi connectivity index (χ2v) is 24.1. The average molecular weight is 682 g/mol. The Balaban J connectivity index is 1.76. The summed E-state index contributed by atoms with van der Waals surface area (Å²) in [5.74, 6) is 1.74. The van der Waals surface area contributed by atoms with Gasteiger partial charge in [0.05, 0.1) is 0 Å². The van der Waals surface area contributed by atoms with Gasteiger partial charge < -0.3 is 14.7 Å². The molecule has 0 aromatic heterocycles. The van der Waals surface area contributed by atoms with Crippen LogP contribution in [0.2, 0.25) is 38.3 Å². The van der Waals surface area contributed by atoms with Crippen molar-refractivity contribution < 1.29 is 23.3 Å². The van der Waals surface area contributed by atoms with Crippen molar-refractivity contribution in [3.05, 3.63) is 12.2 Å². The normalized spacial score (nSPS) is 21.5. The lowest BCUT2D eigenvalue weighted by atomic mass is 9.94. The van der Waals surface area contributed by atoms with Crippen molar-refractivity contribution in [1.29, 1.82) is 0 Å². The fourth-order valence-corrected chi connectivity index (χ4v) is 16.0. The van der Waals surface area contributed by atoms with E-state index in [1.54, 1.807) is 7.41 Å². The van der Waals surface area contributed by atoms with Gasteiger partial charge in [0.25, 0.3) is 0 Å². The van der Waals surface area contributed by atoms with E-state index in [0.717, 1.165) is 44.2 Å². The van der Waals surface area contributed by atoms with E-state index < -0.39 is 16.6 Å². The predicted octanol–water partition coefficient (Wildman–Crippen LogP) is 4.87. The number of terminal acetylenes is 1. The highest BCUT2D eigenvalue weighted by molar-refractivity contribution is 6.84. The first-order valence-corrected chi connectivity index (χ1v) is 23.8. The first-order valence-electron chi connectivity index (χ1n) is 17.5.